The van der Waals surface area contributed by atoms with E-state index in [2.05, 4.69) is 10.1 Å². The second-order valence-electron chi connectivity index (χ2n) is 3.86. The standard InChI is InChI=1S/C12H15N3O2/c1-4-15(3)12-13-11(17-14-12)9-6-5-7-10(16)8(9)2/h5-7,16H,4H2,1-3H3. The van der Waals surface area contributed by atoms with E-state index in [1.807, 2.05) is 31.9 Å². The average molecular weight is 233 g/mol. The summed E-state index contributed by atoms with van der Waals surface area (Å²) >= 11 is 0. The van der Waals surface area contributed by atoms with Crippen LogP contribution < -0.4 is 4.90 Å². The fourth-order valence-corrected chi connectivity index (χ4v) is 1.48. The lowest BCUT2D eigenvalue weighted by molar-refractivity contribution is 0.429. The van der Waals surface area contributed by atoms with Crippen molar-refractivity contribution < 1.29 is 9.63 Å². The Morgan fingerprint density at radius 2 is 2.18 bits per heavy atom. The van der Waals surface area contributed by atoms with Gasteiger partial charge in [-0.3, -0.25) is 0 Å². The van der Waals surface area contributed by atoms with Crippen molar-refractivity contribution in [2.45, 2.75) is 13.8 Å². The van der Waals surface area contributed by atoms with E-state index in [0.29, 0.717) is 11.8 Å². The second-order valence-corrected chi connectivity index (χ2v) is 3.86. The lowest BCUT2D eigenvalue weighted by Gasteiger charge is -2.08. The van der Waals surface area contributed by atoms with Gasteiger partial charge in [-0.25, -0.2) is 0 Å². The molecule has 0 aliphatic heterocycles. The largest absolute Gasteiger partial charge is 0.508 e. The predicted octanol–water partition coefficient (Wildman–Crippen LogP) is 2.21. The number of phenolic OH excluding ortho intramolecular Hbond substituents is 1. The summed E-state index contributed by atoms with van der Waals surface area (Å²) in [5.41, 5.74) is 1.50. The average Bonchev–Trinajstić information content (AvgIpc) is 2.81. The molecule has 0 aliphatic rings. The summed E-state index contributed by atoms with van der Waals surface area (Å²) in [6, 6.07) is 5.23. The minimum atomic E-state index is 0.228. The first-order valence-corrected chi connectivity index (χ1v) is 5.47. The van der Waals surface area contributed by atoms with Crippen molar-refractivity contribution in [2.75, 3.05) is 18.5 Å². The Bertz CT molecular complexity index is 522. The number of benzene rings is 1. The number of rotatable bonds is 3. The van der Waals surface area contributed by atoms with Crippen LogP contribution in [0.3, 0.4) is 0 Å². The van der Waals surface area contributed by atoms with Gasteiger partial charge in [-0.2, -0.15) is 4.98 Å². The van der Waals surface area contributed by atoms with Gasteiger partial charge in [0.1, 0.15) is 5.75 Å². The molecule has 0 bridgehead atoms. The predicted molar refractivity (Wildman–Crippen MR) is 65.1 cm³/mol. The monoisotopic (exact) mass is 233 g/mol. The molecule has 0 saturated carbocycles. The lowest BCUT2D eigenvalue weighted by Crippen LogP contribution is -2.16. The smallest absolute Gasteiger partial charge is 0.266 e. The number of aromatic nitrogens is 2. The van der Waals surface area contributed by atoms with E-state index in [0.717, 1.165) is 17.7 Å². The molecule has 90 valence electrons. The minimum Gasteiger partial charge on any atom is -0.508 e. The number of phenols is 1. The van der Waals surface area contributed by atoms with E-state index in [9.17, 15) is 5.11 Å². The molecule has 5 nitrogen and oxygen atoms in total. The summed E-state index contributed by atoms with van der Waals surface area (Å²) in [7, 11) is 1.89. The SMILES string of the molecule is CCN(C)c1noc(-c2cccc(O)c2C)n1. The van der Waals surface area contributed by atoms with Crippen LogP contribution in [-0.4, -0.2) is 28.8 Å². The molecule has 1 aromatic carbocycles. The normalized spacial score (nSPS) is 10.5. The van der Waals surface area contributed by atoms with Gasteiger partial charge in [-0.1, -0.05) is 6.07 Å². The van der Waals surface area contributed by atoms with E-state index >= 15 is 0 Å². The second kappa shape index (κ2) is 4.45. The van der Waals surface area contributed by atoms with Crippen molar-refractivity contribution in [3.05, 3.63) is 23.8 Å². The van der Waals surface area contributed by atoms with Crippen LogP contribution in [0, 0.1) is 6.92 Å². The Kier molecular flexibility index (Phi) is 2.99. The third kappa shape index (κ3) is 2.08. The maximum atomic E-state index is 9.62. The molecule has 0 unspecified atom stereocenters. The maximum Gasteiger partial charge on any atom is 0.266 e. The van der Waals surface area contributed by atoms with Crippen LogP contribution in [0.2, 0.25) is 0 Å². The fraction of sp³-hybridized carbons (Fsp3) is 0.333. The van der Waals surface area contributed by atoms with Gasteiger partial charge in [0.05, 0.1) is 0 Å². The van der Waals surface area contributed by atoms with Crippen LogP contribution in [0.1, 0.15) is 12.5 Å². The Hall–Kier alpha value is -2.04. The third-order valence-electron chi connectivity index (χ3n) is 2.77. The molecule has 2 rings (SSSR count). The van der Waals surface area contributed by atoms with Crippen molar-refractivity contribution in [1.82, 2.24) is 10.1 Å². The van der Waals surface area contributed by atoms with Crippen LogP contribution in [0.5, 0.6) is 5.75 Å². The number of hydrogen-bond acceptors (Lipinski definition) is 5. The number of aromatic hydroxyl groups is 1. The molecule has 1 heterocycles. The molecular formula is C12H15N3O2. The van der Waals surface area contributed by atoms with Crippen LogP contribution >= 0.6 is 0 Å². The van der Waals surface area contributed by atoms with Crippen molar-refractivity contribution in [3.63, 3.8) is 0 Å². The number of anilines is 1. The Balaban J connectivity index is 2.40. The van der Waals surface area contributed by atoms with Crippen LogP contribution in [-0.2, 0) is 0 Å². The van der Waals surface area contributed by atoms with E-state index in [4.69, 9.17) is 4.52 Å². The van der Waals surface area contributed by atoms with Gasteiger partial charge in [0.15, 0.2) is 0 Å². The fourth-order valence-electron chi connectivity index (χ4n) is 1.48. The molecule has 0 spiro atoms. The van der Waals surface area contributed by atoms with E-state index < -0.39 is 0 Å². The molecule has 0 aliphatic carbocycles. The summed E-state index contributed by atoms with van der Waals surface area (Å²) in [5, 5.41) is 13.5. The summed E-state index contributed by atoms with van der Waals surface area (Å²) in [6.07, 6.45) is 0. The first-order chi connectivity index (χ1) is 8.13. The highest BCUT2D eigenvalue weighted by Gasteiger charge is 2.14. The molecule has 2 aromatic rings. The van der Waals surface area contributed by atoms with Gasteiger partial charge >= 0.3 is 0 Å². The van der Waals surface area contributed by atoms with Gasteiger partial charge in [0, 0.05) is 24.7 Å². The molecule has 0 fully saturated rings. The molecule has 0 amide bonds. The molecule has 1 N–H and O–H groups in total. The van der Waals surface area contributed by atoms with Gasteiger partial charge in [0.2, 0.25) is 0 Å². The van der Waals surface area contributed by atoms with Crippen molar-refractivity contribution in [1.29, 1.82) is 0 Å². The highest BCUT2D eigenvalue weighted by atomic mass is 16.5. The van der Waals surface area contributed by atoms with Gasteiger partial charge < -0.3 is 14.5 Å². The molecule has 1 aromatic heterocycles. The highest BCUT2D eigenvalue weighted by molar-refractivity contribution is 5.62. The number of nitrogens with zero attached hydrogens (tertiary/aromatic N) is 3. The van der Waals surface area contributed by atoms with Gasteiger partial charge in [-0.15, -0.1) is 0 Å². The van der Waals surface area contributed by atoms with Crippen molar-refractivity contribution in [2.24, 2.45) is 0 Å². The third-order valence-corrected chi connectivity index (χ3v) is 2.77. The van der Waals surface area contributed by atoms with Gasteiger partial charge in [0.25, 0.3) is 11.8 Å². The topological polar surface area (TPSA) is 62.4 Å². The summed E-state index contributed by atoms with van der Waals surface area (Å²) in [5.74, 6) is 1.20. The molecule has 5 heteroatoms. The highest BCUT2D eigenvalue weighted by Crippen LogP contribution is 2.28. The van der Waals surface area contributed by atoms with Crippen molar-refractivity contribution >= 4 is 5.95 Å². The molecule has 0 saturated heterocycles. The minimum absolute atomic E-state index is 0.228. The first-order valence-electron chi connectivity index (χ1n) is 5.47. The van der Waals surface area contributed by atoms with Gasteiger partial charge in [-0.05, 0) is 31.1 Å². The first kappa shape index (κ1) is 11.4. The van der Waals surface area contributed by atoms with Crippen LogP contribution in [0.4, 0.5) is 5.95 Å². The molecular weight excluding hydrogens is 218 g/mol. The van der Waals surface area contributed by atoms with Crippen LogP contribution in [0.25, 0.3) is 11.5 Å². The van der Waals surface area contributed by atoms with E-state index in [1.54, 1.807) is 12.1 Å². The van der Waals surface area contributed by atoms with Crippen molar-refractivity contribution in [3.8, 4) is 17.2 Å². The zero-order valence-corrected chi connectivity index (χ0v) is 10.1. The Morgan fingerprint density at radius 1 is 1.41 bits per heavy atom. The maximum absolute atomic E-state index is 9.62. The molecule has 17 heavy (non-hydrogen) atoms. The van der Waals surface area contributed by atoms with E-state index in [-0.39, 0.29) is 5.75 Å². The van der Waals surface area contributed by atoms with E-state index in [1.165, 1.54) is 0 Å². The Labute approximate surface area is 99.7 Å². The van der Waals surface area contributed by atoms with Crippen LogP contribution in [0.15, 0.2) is 22.7 Å². The summed E-state index contributed by atoms with van der Waals surface area (Å²) in [4.78, 5) is 6.17. The summed E-state index contributed by atoms with van der Waals surface area (Å²) in [6.45, 7) is 4.63. The Morgan fingerprint density at radius 3 is 2.88 bits per heavy atom. The zero-order valence-electron chi connectivity index (χ0n) is 10.1. The molecule has 0 atom stereocenters. The zero-order chi connectivity index (χ0) is 12.4. The number of hydrogen-bond donors (Lipinski definition) is 1. The summed E-state index contributed by atoms with van der Waals surface area (Å²) < 4.78 is 5.20. The lowest BCUT2D eigenvalue weighted by atomic mass is 10.1. The quantitative estimate of drug-likeness (QED) is 0.880. The molecule has 0 radical (unpaired) electrons.